The van der Waals surface area contributed by atoms with Crippen molar-refractivity contribution >= 4 is 0 Å². The SMILES string of the molecule is CC(C)(C)c1cccc(CCCN2CCOCC2)c1. The molecule has 0 radical (unpaired) electrons. The molecule has 0 amide bonds. The Morgan fingerprint density at radius 3 is 2.58 bits per heavy atom. The van der Waals surface area contributed by atoms with Crippen LogP contribution in [0, 0.1) is 0 Å². The molecule has 1 fully saturated rings. The molecule has 0 atom stereocenters. The fourth-order valence-corrected chi connectivity index (χ4v) is 2.52. The number of hydrogen-bond donors (Lipinski definition) is 0. The highest BCUT2D eigenvalue weighted by molar-refractivity contribution is 5.28. The van der Waals surface area contributed by atoms with Gasteiger partial charge in [0.25, 0.3) is 0 Å². The third-order valence-electron chi connectivity index (χ3n) is 3.84. The molecule has 0 bridgehead atoms. The van der Waals surface area contributed by atoms with Gasteiger partial charge in [-0.05, 0) is 35.9 Å². The fourth-order valence-electron chi connectivity index (χ4n) is 2.52. The van der Waals surface area contributed by atoms with Gasteiger partial charge in [0.2, 0.25) is 0 Å². The molecule has 106 valence electrons. The van der Waals surface area contributed by atoms with Crippen molar-refractivity contribution in [3.8, 4) is 0 Å². The minimum atomic E-state index is 0.250. The second-order valence-corrected chi connectivity index (χ2v) is 6.51. The van der Waals surface area contributed by atoms with Crippen LogP contribution in [0.15, 0.2) is 24.3 Å². The number of ether oxygens (including phenoxy) is 1. The van der Waals surface area contributed by atoms with E-state index >= 15 is 0 Å². The smallest absolute Gasteiger partial charge is 0.0594 e. The molecule has 0 saturated carbocycles. The minimum Gasteiger partial charge on any atom is -0.379 e. The molecule has 1 heterocycles. The molecule has 2 nitrogen and oxygen atoms in total. The molecule has 2 heteroatoms. The fraction of sp³-hybridized carbons (Fsp3) is 0.647. The highest BCUT2D eigenvalue weighted by Gasteiger charge is 2.14. The van der Waals surface area contributed by atoms with Crippen LogP contribution in [-0.4, -0.2) is 37.7 Å². The van der Waals surface area contributed by atoms with E-state index in [4.69, 9.17) is 4.74 Å². The van der Waals surface area contributed by atoms with Gasteiger partial charge < -0.3 is 4.74 Å². The van der Waals surface area contributed by atoms with Gasteiger partial charge in [-0.1, -0.05) is 45.0 Å². The summed E-state index contributed by atoms with van der Waals surface area (Å²) in [5, 5.41) is 0. The van der Waals surface area contributed by atoms with Crippen LogP contribution in [0.1, 0.15) is 38.3 Å². The Morgan fingerprint density at radius 2 is 1.89 bits per heavy atom. The zero-order valence-electron chi connectivity index (χ0n) is 12.6. The molecule has 0 aliphatic carbocycles. The van der Waals surface area contributed by atoms with E-state index in [-0.39, 0.29) is 5.41 Å². The number of morpholine rings is 1. The number of benzene rings is 1. The van der Waals surface area contributed by atoms with Crippen LogP contribution in [-0.2, 0) is 16.6 Å². The Labute approximate surface area is 117 Å². The first-order valence-electron chi connectivity index (χ1n) is 7.45. The molecule has 1 aliphatic heterocycles. The second-order valence-electron chi connectivity index (χ2n) is 6.51. The maximum atomic E-state index is 5.38. The summed E-state index contributed by atoms with van der Waals surface area (Å²) in [5.74, 6) is 0. The number of aryl methyl sites for hydroxylation is 1. The Morgan fingerprint density at radius 1 is 1.16 bits per heavy atom. The van der Waals surface area contributed by atoms with Gasteiger partial charge in [0.05, 0.1) is 13.2 Å². The van der Waals surface area contributed by atoms with Gasteiger partial charge in [-0.25, -0.2) is 0 Å². The maximum absolute atomic E-state index is 5.38. The first-order chi connectivity index (χ1) is 9.05. The van der Waals surface area contributed by atoms with Crippen molar-refractivity contribution in [2.45, 2.75) is 39.0 Å². The van der Waals surface area contributed by atoms with Crippen LogP contribution in [0.25, 0.3) is 0 Å². The van der Waals surface area contributed by atoms with Crippen molar-refractivity contribution < 1.29 is 4.74 Å². The van der Waals surface area contributed by atoms with Gasteiger partial charge in [-0.2, -0.15) is 0 Å². The van der Waals surface area contributed by atoms with Crippen molar-refractivity contribution in [1.82, 2.24) is 4.90 Å². The van der Waals surface area contributed by atoms with Crippen LogP contribution in [0.2, 0.25) is 0 Å². The molecule has 1 aliphatic rings. The normalized spacial score (nSPS) is 17.6. The van der Waals surface area contributed by atoms with Gasteiger partial charge >= 0.3 is 0 Å². The second kappa shape index (κ2) is 6.53. The summed E-state index contributed by atoms with van der Waals surface area (Å²) in [6.07, 6.45) is 2.43. The lowest BCUT2D eigenvalue weighted by atomic mass is 9.86. The first-order valence-corrected chi connectivity index (χ1v) is 7.45. The molecule has 0 spiro atoms. The molecule has 0 N–H and O–H groups in total. The largest absolute Gasteiger partial charge is 0.379 e. The third kappa shape index (κ3) is 4.63. The molecule has 1 aromatic carbocycles. The average Bonchev–Trinajstić information content (AvgIpc) is 2.39. The Bertz CT molecular complexity index is 388. The Balaban J connectivity index is 1.82. The third-order valence-corrected chi connectivity index (χ3v) is 3.84. The number of nitrogens with zero attached hydrogens (tertiary/aromatic N) is 1. The zero-order chi connectivity index (χ0) is 13.7. The summed E-state index contributed by atoms with van der Waals surface area (Å²) >= 11 is 0. The average molecular weight is 261 g/mol. The van der Waals surface area contributed by atoms with E-state index < -0.39 is 0 Å². The van der Waals surface area contributed by atoms with E-state index in [1.165, 1.54) is 30.5 Å². The van der Waals surface area contributed by atoms with Crippen molar-refractivity contribution in [3.63, 3.8) is 0 Å². The van der Waals surface area contributed by atoms with E-state index in [2.05, 4.69) is 49.9 Å². The lowest BCUT2D eigenvalue weighted by molar-refractivity contribution is 0.0374. The minimum absolute atomic E-state index is 0.250. The van der Waals surface area contributed by atoms with Gasteiger partial charge in [0.1, 0.15) is 0 Å². The molecular weight excluding hydrogens is 234 g/mol. The van der Waals surface area contributed by atoms with E-state index in [0.717, 1.165) is 26.3 Å². The van der Waals surface area contributed by atoms with Gasteiger partial charge in [0.15, 0.2) is 0 Å². The van der Waals surface area contributed by atoms with Crippen LogP contribution >= 0.6 is 0 Å². The van der Waals surface area contributed by atoms with Gasteiger partial charge in [0, 0.05) is 13.1 Å². The Kier molecular flexibility index (Phi) is 5.00. The summed E-state index contributed by atoms with van der Waals surface area (Å²) in [7, 11) is 0. The molecule has 1 saturated heterocycles. The van der Waals surface area contributed by atoms with Crippen molar-refractivity contribution in [2.24, 2.45) is 0 Å². The Hall–Kier alpha value is -0.860. The highest BCUT2D eigenvalue weighted by atomic mass is 16.5. The molecule has 0 unspecified atom stereocenters. The van der Waals surface area contributed by atoms with E-state index in [1.54, 1.807) is 0 Å². The predicted molar refractivity (Wildman–Crippen MR) is 80.7 cm³/mol. The highest BCUT2D eigenvalue weighted by Crippen LogP contribution is 2.23. The molecular formula is C17H27NO. The predicted octanol–water partition coefficient (Wildman–Crippen LogP) is 3.25. The summed E-state index contributed by atoms with van der Waals surface area (Å²) in [6, 6.07) is 9.07. The van der Waals surface area contributed by atoms with Crippen LogP contribution in [0.5, 0.6) is 0 Å². The first kappa shape index (κ1) is 14.5. The lowest BCUT2D eigenvalue weighted by Gasteiger charge is -2.26. The van der Waals surface area contributed by atoms with Crippen molar-refractivity contribution in [2.75, 3.05) is 32.8 Å². The standard InChI is InChI=1S/C17H27NO/c1-17(2,3)16-8-4-6-15(14-16)7-5-9-18-10-12-19-13-11-18/h4,6,8,14H,5,7,9-13H2,1-3H3. The van der Waals surface area contributed by atoms with Gasteiger partial charge in [-0.3, -0.25) is 4.90 Å². The number of rotatable bonds is 4. The van der Waals surface area contributed by atoms with Crippen molar-refractivity contribution in [1.29, 1.82) is 0 Å². The van der Waals surface area contributed by atoms with Crippen LogP contribution in [0.4, 0.5) is 0 Å². The molecule has 0 aromatic heterocycles. The lowest BCUT2D eigenvalue weighted by Crippen LogP contribution is -2.36. The van der Waals surface area contributed by atoms with E-state index in [1.807, 2.05) is 0 Å². The van der Waals surface area contributed by atoms with E-state index in [0.29, 0.717) is 0 Å². The molecule has 19 heavy (non-hydrogen) atoms. The summed E-state index contributed by atoms with van der Waals surface area (Å²) in [4.78, 5) is 2.51. The summed E-state index contributed by atoms with van der Waals surface area (Å²) in [6.45, 7) is 12.0. The van der Waals surface area contributed by atoms with Gasteiger partial charge in [-0.15, -0.1) is 0 Å². The maximum Gasteiger partial charge on any atom is 0.0594 e. The topological polar surface area (TPSA) is 12.5 Å². The number of hydrogen-bond acceptors (Lipinski definition) is 2. The molecule has 1 aromatic rings. The summed E-state index contributed by atoms with van der Waals surface area (Å²) in [5.41, 5.74) is 3.16. The quantitative estimate of drug-likeness (QED) is 0.825. The summed E-state index contributed by atoms with van der Waals surface area (Å²) < 4.78 is 5.38. The van der Waals surface area contributed by atoms with Crippen LogP contribution in [0.3, 0.4) is 0 Å². The van der Waals surface area contributed by atoms with E-state index in [9.17, 15) is 0 Å². The molecule has 2 rings (SSSR count). The zero-order valence-corrected chi connectivity index (χ0v) is 12.6. The van der Waals surface area contributed by atoms with Crippen LogP contribution < -0.4 is 0 Å². The monoisotopic (exact) mass is 261 g/mol. The van der Waals surface area contributed by atoms with Crippen molar-refractivity contribution in [3.05, 3.63) is 35.4 Å².